The topological polar surface area (TPSA) is 39.7 Å². The van der Waals surface area contributed by atoms with Gasteiger partial charge in [0.15, 0.2) is 5.96 Å². The van der Waals surface area contributed by atoms with Gasteiger partial charge in [-0.3, -0.25) is 9.89 Å². The van der Waals surface area contributed by atoms with Crippen molar-refractivity contribution in [3.63, 3.8) is 0 Å². The Morgan fingerprint density at radius 2 is 2.25 bits per heavy atom. The fraction of sp³-hybridized carbons (Fsp3) is 0.889. The number of guanidine groups is 1. The van der Waals surface area contributed by atoms with E-state index in [0.29, 0.717) is 31.6 Å². The first kappa shape index (κ1) is 13.1. The number of nitrogens with one attached hydrogen (secondary N) is 2. The predicted octanol–water partition coefficient (Wildman–Crippen LogP) is 0.418. The minimum Gasteiger partial charge on any atom is -0.355 e. The second-order valence-corrected chi connectivity index (χ2v) is 4.01. The summed E-state index contributed by atoms with van der Waals surface area (Å²) in [4.78, 5) is 5.37. The molecule has 0 saturated heterocycles. The molecule has 0 fully saturated rings. The van der Waals surface area contributed by atoms with Crippen LogP contribution in [-0.2, 0) is 0 Å². The summed E-state index contributed by atoms with van der Waals surface area (Å²) < 4.78 is 36.0. The summed E-state index contributed by atoms with van der Waals surface area (Å²) in [5.41, 5.74) is 0. The highest BCUT2D eigenvalue weighted by molar-refractivity contribution is 5.81. The first-order valence-electron chi connectivity index (χ1n) is 5.17. The zero-order valence-electron chi connectivity index (χ0n) is 9.43. The molecule has 0 saturated carbocycles. The van der Waals surface area contributed by atoms with Crippen LogP contribution < -0.4 is 10.6 Å². The number of likely N-dealkylation sites (N-methyl/N-ethyl adjacent to an activating group) is 1. The number of aliphatic imine (C=N–C) groups is 1. The zero-order chi connectivity index (χ0) is 12.2. The van der Waals surface area contributed by atoms with Crippen molar-refractivity contribution in [1.82, 2.24) is 15.5 Å². The molecule has 0 amide bonds. The quantitative estimate of drug-likeness (QED) is 0.745. The molecule has 94 valence electrons. The van der Waals surface area contributed by atoms with E-state index in [1.807, 2.05) is 6.92 Å². The average Bonchev–Trinajstić information content (AvgIpc) is 2.48. The van der Waals surface area contributed by atoms with Crippen molar-refractivity contribution in [2.45, 2.75) is 19.1 Å². The summed E-state index contributed by atoms with van der Waals surface area (Å²) in [7, 11) is 1.45. The molecule has 0 aliphatic carbocycles. The van der Waals surface area contributed by atoms with Crippen LogP contribution >= 0.6 is 0 Å². The van der Waals surface area contributed by atoms with Gasteiger partial charge in [-0.25, -0.2) is 0 Å². The monoisotopic (exact) mass is 238 g/mol. The Labute approximate surface area is 92.9 Å². The second kappa shape index (κ2) is 5.38. The molecule has 1 aliphatic rings. The largest absolute Gasteiger partial charge is 0.401 e. The highest BCUT2D eigenvalue weighted by Gasteiger charge is 2.28. The van der Waals surface area contributed by atoms with Crippen LogP contribution in [0.25, 0.3) is 0 Å². The minimum atomic E-state index is -4.13. The lowest BCUT2D eigenvalue weighted by Gasteiger charge is -2.19. The Morgan fingerprint density at radius 3 is 2.75 bits per heavy atom. The van der Waals surface area contributed by atoms with Crippen molar-refractivity contribution in [3.05, 3.63) is 0 Å². The molecule has 1 unspecified atom stereocenters. The van der Waals surface area contributed by atoms with Gasteiger partial charge in [0, 0.05) is 19.1 Å². The highest BCUT2D eigenvalue weighted by atomic mass is 19.4. The standard InChI is InChI=1S/C9H17F3N4/c1-7-5-14-8(15-7)13-3-4-16(2)6-9(10,11)12/h7H,3-6H2,1-2H3,(H2,13,14,15). The maximum absolute atomic E-state index is 12.0. The van der Waals surface area contributed by atoms with Crippen molar-refractivity contribution in [3.8, 4) is 0 Å². The average molecular weight is 238 g/mol. The number of halogens is 3. The molecule has 0 aromatic heterocycles. The SMILES string of the molecule is CC1CN=C(NCCN(C)CC(F)(F)F)N1. The fourth-order valence-electron chi connectivity index (χ4n) is 1.41. The lowest BCUT2D eigenvalue weighted by molar-refractivity contribution is -0.142. The third kappa shape index (κ3) is 5.20. The summed E-state index contributed by atoms with van der Waals surface area (Å²) in [6, 6.07) is 0.301. The van der Waals surface area contributed by atoms with Crippen LogP contribution in [0.15, 0.2) is 4.99 Å². The molecule has 7 heteroatoms. The van der Waals surface area contributed by atoms with Crippen LogP contribution in [0.2, 0.25) is 0 Å². The third-order valence-electron chi connectivity index (χ3n) is 2.14. The number of hydrogen-bond acceptors (Lipinski definition) is 4. The molecule has 1 atom stereocenters. The smallest absolute Gasteiger partial charge is 0.355 e. The van der Waals surface area contributed by atoms with E-state index in [1.165, 1.54) is 11.9 Å². The molecule has 1 aliphatic heterocycles. The molecule has 0 spiro atoms. The molecule has 0 radical (unpaired) electrons. The summed E-state index contributed by atoms with van der Waals surface area (Å²) in [6.45, 7) is 2.60. The molecule has 2 N–H and O–H groups in total. The molecular formula is C9H17F3N4. The van der Waals surface area contributed by atoms with Gasteiger partial charge in [-0.15, -0.1) is 0 Å². The van der Waals surface area contributed by atoms with Gasteiger partial charge in [0.2, 0.25) is 0 Å². The van der Waals surface area contributed by atoms with E-state index in [1.54, 1.807) is 0 Å². The van der Waals surface area contributed by atoms with Gasteiger partial charge < -0.3 is 10.6 Å². The summed E-state index contributed by atoms with van der Waals surface area (Å²) >= 11 is 0. The number of alkyl halides is 3. The van der Waals surface area contributed by atoms with Gasteiger partial charge in [0.25, 0.3) is 0 Å². The minimum absolute atomic E-state index is 0.301. The van der Waals surface area contributed by atoms with E-state index >= 15 is 0 Å². The molecule has 0 bridgehead atoms. The number of rotatable bonds is 4. The first-order valence-corrected chi connectivity index (χ1v) is 5.17. The Morgan fingerprint density at radius 1 is 1.56 bits per heavy atom. The van der Waals surface area contributed by atoms with Crippen LogP contribution in [-0.4, -0.2) is 56.3 Å². The predicted molar refractivity (Wildman–Crippen MR) is 56.5 cm³/mol. The van der Waals surface area contributed by atoms with Gasteiger partial charge in [-0.05, 0) is 14.0 Å². The van der Waals surface area contributed by atoms with Crippen LogP contribution in [0.1, 0.15) is 6.92 Å². The van der Waals surface area contributed by atoms with Gasteiger partial charge in [-0.2, -0.15) is 13.2 Å². The molecule has 1 heterocycles. The van der Waals surface area contributed by atoms with Crippen LogP contribution in [0.3, 0.4) is 0 Å². The first-order chi connectivity index (χ1) is 7.37. The van der Waals surface area contributed by atoms with Gasteiger partial charge in [0.05, 0.1) is 13.1 Å². The van der Waals surface area contributed by atoms with Crippen LogP contribution in [0.4, 0.5) is 13.2 Å². The maximum Gasteiger partial charge on any atom is 0.401 e. The second-order valence-electron chi connectivity index (χ2n) is 4.01. The lowest BCUT2D eigenvalue weighted by atomic mass is 10.4. The van der Waals surface area contributed by atoms with Crippen molar-refractivity contribution in [2.75, 3.05) is 33.2 Å². The summed E-state index contributed by atoms with van der Waals surface area (Å²) in [5, 5.41) is 6.03. The zero-order valence-corrected chi connectivity index (χ0v) is 9.43. The maximum atomic E-state index is 12.0. The fourth-order valence-corrected chi connectivity index (χ4v) is 1.41. The molecule has 16 heavy (non-hydrogen) atoms. The van der Waals surface area contributed by atoms with Gasteiger partial charge in [-0.1, -0.05) is 0 Å². The van der Waals surface area contributed by atoms with E-state index < -0.39 is 12.7 Å². The summed E-state index contributed by atoms with van der Waals surface area (Å²) in [5.74, 6) is 0.674. The van der Waals surface area contributed by atoms with E-state index in [-0.39, 0.29) is 0 Å². The van der Waals surface area contributed by atoms with Crippen molar-refractivity contribution in [1.29, 1.82) is 0 Å². The van der Waals surface area contributed by atoms with Crippen molar-refractivity contribution < 1.29 is 13.2 Å². The molecule has 4 nitrogen and oxygen atoms in total. The molecular weight excluding hydrogens is 221 g/mol. The lowest BCUT2D eigenvalue weighted by Crippen LogP contribution is -2.42. The van der Waals surface area contributed by atoms with Gasteiger partial charge >= 0.3 is 6.18 Å². The molecule has 0 aromatic carbocycles. The normalized spacial score (nSPS) is 20.9. The van der Waals surface area contributed by atoms with E-state index in [4.69, 9.17) is 0 Å². The van der Waals surface area contributed by atoms with E-state index in [0.717, 1.165) is 0 Å². The molecule has 0 aromatic rings. The Bertz CT molecular complexity index is 252. The number of hydrogen-bond donors (Lipinski definition) is 2. The van der Waals surface area contributed by atoms with Gasteiger partial charge in [0.1, 0.15) is 0 Å². The third-order valence-corrected chi connectivity index (χ3v) is 2.14. The molecule has 1 rings (SSSR count). The van der Waals surface area contributed by atoms with Crippen LogP contribution in [0.5, 0.6) is 0 Å². The van der Waals surface area contributed by atoms with Crippen molar-refractivity contribution >= 4 is 5.96 Å². The van der Waals surface area contributed by atoms with Crippen LogP contribution in [0, 0.1) is 0 Å². The van der Waals surface area contributed by atoms with E-state index in [2.05, 4.69) is 15.6 Å². The van der Waals surface area contributed by atoms with Crippen molar-refractivity contribution in [2.24, 2.45) is 4.99 Å². The Balaban J connectivity index is 2.11. The van der Waals surface area contributed by atoms with E-state index in [9.17, 15) is 13.2 Å². The Kier molecular flexibility index (Phi) is 4.40. The highest BCUT2D eigenvalue weighted by Crippen LogP contribution is 2.14. The Hall–Kier alpha value is -0.980. The summed E-state index contributed by atoms with van der Waals surface area (Å²) in [6.07, 6.45) is -4.13. The number of nitrogens with zero attached hydrogens (tertiary/aromatic N) is 2.